The molecule has 0 aromatic heterocycles. The predicted molar refractivity (Wildman–Crippen MR) is 103 cm³/mol. The lowest BCUT2D eigenvalue weighted by molar-refractivity contribution is -0.157. The fourth-order valence-electron chi connectivity index (χ4n) is 3.93. The molecule has 0 radical (unpaired) electrons. The Kier molecular flexibility index (Phi) is 6.44. The zero-order valence-electron chi connectivity index (χ0n) is 16.6. The molecule has 1 N–H and O–H groups in total. The monoisotopic (exact) mass is 391 g/mol. The van der Waals surface area contributed by atoms with Gasteiger partial charge >= 0.3 is 5.97 Å². The Labute approximate surface area is 165 Å². The third-order valence-corrected chi connectivity index (χ3v) is 5.53. The van der Waals surface area contributed by atoms with Crippen molar-refractivity contribution in [1.29, 1.82) is 0 Å². The number of carbonyl (C=O) groups excluding carboxylic acids is 1. The van der Waals surface area contributed by atoms with Gasteiger partial charge in [-0.3, -0.25) is 9.59 Å². The van der Waals surface area contributed by atoms with Gasteiger partial charge in [-0.25, -0.2) is 0 Å². The van der Waals surface area contributed by atoms with Crippen LogP contribution in [-0.2, 0) is 9.53 Å². The van der Waals surface area contributed by atoms with E-state index in [-0.39, 0.29) is 18.4 Å². The fraction of sp³-hybridized carbons (Fsp3) is 0.619. The summed E-state index contributed by atoms with van der Waals surface area (Å²) in [6, 6.07) is 5.18. The molecule has 1 aromatic rings. The van der Waals surface area contributed by atoms with Crippen LogP contribution >= 0.6 is 0 Å². The molecule has 154 valence electrons. The third-order valence-electron chi connectivity index (χ3n) is 5.53. The number of amides is 1. The molecule has 2 aliphatic rings. The highest BCUT2D eigenvalue weighted by Crippen LogP contribution is 2.43. The van der Waals surface area contributed by atoms with Crippen LogP contribution in [0.4, 0.5) is 0 Å². The van der Waals surface area contributed by atoms with Crippen molar-refractivity contribution in [2.24, 2.45) is 11.3 Å². The number of ether oxygens (including phenoxy) is 3. The van der Waals surface area contributed by atoms with Crippen molar-refractivity contribution in [2.75, 3.05) is 39.5 Å². The molecule has 2 fully saturated rings. The molecule has 1 aromatic carbocycles. The van der Waals surface area contributed by atoms with Crippen LogP contribution in [-0.4, -0.2) is 61.4 Å². The summed E-state index contributed by atoms with van der Waals surface area (Å²) < 4.78 is 17.0. The quantitative estimate of drug-likeness (QED) is 0.733. The Morgan fingerprint density at radius 3 is 2.57 bits per heavy atom. The summed E-state index contributed by atoms with van der Waals surface area (Å²) in [7, 11) is 0. The lowest BCUT2D eigenvalue weighted by Crippen LogP contribution is -2.45. The number of carbonyl (C=O) groups is 2. The summed E-state index contributed by atoms with van der Waals surface area (Å²) in [4.78, 5) is 26.7. The average Bonchev–Trinajstić information content (AvgIpc) is 3.11. The zero-order valence-corrected chi connectivity index (χ0v) is 16.6. The fourth-order valence-corrected chi connectivity index (χ4v) is 3.93. The van der Waals surface area contributed by atoms with Crippen LogP contribution in [0.1, 0.15) is 43.5 Å². The minimum atomic E-state index is -0.903. The maximum Gasteiger partial charge on any atom is 0.311 e. The number of carboxylic acids is 1. The first kappa shape index (κ1) is 20.5. The molecular formula is C21H29NO6. The lowest BCUT2D eigenvalue weighted by Gasteiger charge is -2.33. The van der Waals surface area contributed by atoms with E-state index in [0.29, 0.717) is 56.5 Å². The smallest absolute Gasteiger partial charge is 0.311 e. The molecule has 0 saturated carbocycles. The number of rotatable bonds is 8. The highest BCUT2D eigenvalue weighted by Gasteiger charge is 2.54. The van der Waals surface area contributed by atoms with E-state index in [2.05, 4.69) is 0 Å². The maximum atomic E-state index is 13.1. The first-order chi connectivity index (χ1) is 13.5. The van der Waals surface area contributed by atoms with Gasteiger partial charge in [0.1, 0.15) is 0 Å². The Bertz CT molecular complexity index is 721. The van der Waals surface area contributed by atoms with E-state index in [1.165, 1.54) is 0 Å². The number of nitrogens with zero attached hydrogens (tertiary/aromatic N) is 1. The zero-order chi connectivity index (χ0) is 20.1. The molecule has 28 heavy (non-hydrogen) atoms. The number of fused-ring (bicyclic) bond motifs is 1. The Morgan fingerprint density at radius 1 is 1.21 bits per heavy atom. The molecule has 2 atom stereocenters. The van der Waals surface area contributed by atoms with E-state index < -0.39 is 11.4 Å². The van der Waals surface area contributed by atoms with Crippen LogP contribution in [0, 0.1) is 11.3 Å². The van der Waals surface area contributed by atoms with Crippen molar-refractivity contribution >= 4 is 11.9 Å². The topological polar surface area (TPSA) is 85.3 Å². The first-order valence-corrected chi connectivity index (χ1v) is 10.0. The van der Waals surface area contributed by atoms with Gasteiger partial charge in [-0.15, -0.1) is 0 Å². The normalized spacial score (nSPS) is 23.9. The number of aliphatic carboxylic acids is 1. The predicted octanol–water partition coefficient (Wildman–Crippen LogP) is 2.83. The minimum absolute atomic E-state index is 0.175. The second-order valence-electron chi connectivity index (χ2n) is 7.53. The Hall–Kier alpha value is -2.28. The average molecular weight is 391 g/mol. The molecule has 2 saturated heterocycles. The molecule has 0 spiro atoms. The molecule has 7 heteroatoms. The molecule has 7 nitrogen and oxygen atoms in total. The van der Waals surface area contributed by atoms with Gasteiger partial charge in [-0.2, -0.15) is 0 Å². The van der Waals surface area contributed by atoms with E-state index in [1.807, 2.05) is 13.8 Å². The van der Waals surface area contributed by atoms with Crippen LogP contribution in [0.2, 0.25) is 0 Å². The lowest BCUT2D eigenvalue weighted by atomic mass is 9.74. The number of hydrogen-bond acceptors (Lipinski definition) is 5. The molecule has 3 rings (SSSR count). The van der Waals surface area contributed by atoms with Crippen LogP contribution in [0.5, 0.6) is 11.5 Å². The molecule has 0 bridgehead atoms. The molecule has 0 unspecified atom stereocenters. The van der Waals surface area contributed by atoms with E-state index in [1.54, 1.807) is 23.1 Å². The van der Waals surface area contributed by atoms with Gasteiger partial charge in [0.25, 0.3) is 5.91 Å². The molecular weight excluding hydrogens is 362 g/mol. The third kappa shape index (κ3) is 3.94. The van der Waals surface area contributed by atoms with Gasteiger partial charge in [0, 0.05) is 31.2 Å². The molecule has 1 amide bonds. The number of hydrogen-bond donors (Lipinski definition) is 1. The summed E-state index contributed by atoms with van der Waals surface area (Å²) in [6.07, 6.45) is 2.16. The summed E-state index contributed by atoms with van der Waals surface area (Å²) in [6.45, 7) is 6.56. The van der Waals surface area contributed by atoms with Crippen molar-refractivity contribution in [3.8, 4) is 11.5 Å². The van der Waals surface area contributed by atoms with Crippen molar-refractivity contribution in [3.05, 3.63) is 23.8 Å². The van der Waals surface area contributed by atoms with Gasteiger partial charge < -0.3 is 24.2 Å². The second-order valence-corrected chi connectivity index (χ2v) is 7.53. The van der Waals surface area contributed by atoms with E-state index >= 15 is 0 Å². The second kappa shape index (κ2) is 8.82. The number of benzene rings is 1. The van der Waals surface area contributed by atoms with E-state index in [9.17, 15) is 14.7 Å². The van der Waals surface area contributed by atoms with Crippen LogP contribution in [0.15, 0.2) is 18.2 Å². The Balaban J connectivity index is 1.81. The highest BCUT2D eigenvalue weighted by molar-refractivity contribution is 5.96. The standard InChI is InChI=1S/C21H29NO6/c1-3-8-27-17-6-5-15(11-18(17)28-9-4-2)19(23)22-12-16-13-26-10-7-21(16,14-22)20(24)25/h5-6,11,16H,3-4,7-10,12-14H2,1-2H3,(H,24,25)/t16-,21+/m0/s1. The van der Waals surface area contributed by atoms with Crippen molar-refractivity contribution < 1.29 is 28.9 Å². The van der Waals surface area contributed by atoms with E-state index in [4.69, 9.17) is 14.2 Å². The van der Waals surface area contributed by atoms with Crippen molar-refractivity contribution in [3.63, 3.8) is 0 Å². The van der Waals surface area contributed by atoms with Crippen molar-refractivity contribution in [1.82, 2.24) is 4.90 Å². The molecule has 2 heterocycles. The summed E-state index contributed by atoms with van der Waals surface area (Å²) in [5.74, 6) is -0.0261. The summed E-state index contributed by atoms with van der Waals surface area (Å²) in [5, 5.41) is 9.80. The van der Waals surface area contributed by atoms with E-state index in [0.717, 1.165) is 12.8 Å². The summed E-state index contributed by atoms with van der Waals surface area (Å²) >= 11 is 0. The van der Waals surface area contributed by atoms with Crippen LogP contribution < -0.4 is 9.47 Å². The largest absolute Gasteiger partial charge is 0.490 e. The van der Waals surface area contributed by atoms with Crippen LogP contribution in [0.25, 0.3) is 0 Å². The highest BCUT2D eigenvalue weighted by atomic mass is 16.5. The molecule has 0 aliphatic carbocycles. The minimum Gasteiger partial charge on any atom is -0.490 e. The number of carboxylic acid groups (broad SMARTS) is 1. The summed E-state index contributed by atoms with van der Waals surface area (Å²) in [5.41, 5.74) is -0.422. The van der Waals surface area contributed by atoms with Gasteiger partial charge in [-0.05, 0) is 37.5 Å². The van der Waals surface area contributed by atoms with Crippen LogP contribution in [0.3, 0.4) is 0 Å². The molecule has 2 aliphatic heterocycles. The first-order valence-electron chi connectivity index (χ1n) is 10.0. The number of likely N-dealkylation sites (tertiary alicyclic amines) is 1. The van der Waals surface area contributed by atoms with Gasteiger partial charge in [0.2, 0.25) is 0 Å². The SMILES string of the molecule is CCCOc1ccc(C(=O)N2C[C@H]3COCC[C@@]3(C(=O)O)C2)cc1OCCC. The van der Waals surface area contributed by atoms with Gasteiger partial charge in [-0.1, -0.05) is 13.8 Å². The van der Waals surface area contributed by atoms with Gasteiger partial charge in [0.05, 0.1) is 25.2 Å². The maximum absolute atomic E-state index is 13.1. The van der Waals surface area contributed by atoms with Gasteiger partial charge in [0.15, 0.2) is 11.5 Å². The Morgan fingerprint density at radius 2 is 1.93 bits per heavy atom. The van der Waals surface area contributed by atoms with Crippen molar-refractivity contribution in [2.45, 2.75) is 33.1 Å².